The monoisotopic (exact) mass is 344 g/mol. The highest BCUT2D eigenvalue weighted by Gasteiger charge is 2.08. The van der Waals surface area contributed by atoms with Crippen molar-refractivity contribution in [1.82, 2.24) is 9.97 Å². The maximum absolute atomic E-state index is 5.35. The van der Waals surface area contributed by atoms with Crippen LogP contribution in [-0.4, -0.2) is 37.8 Å². The van der Waals surface area contributed by atoms with Gasteiger partial charge in [0.05, 0.1) is 14.2 Å². The topological polar surface area (TPSA) is 59.5 Å². The average Bonchev–Trinajstić information content (AvgIpc) is 2.63. The van der Waals surface area contributed by atoms with E-state index in [1.807, 2.05) is 31.2 Å². The van der Waals surface area contributed by atoms with Crippen molar-refractivity contribution in [2.75, 3.05) is 38.0 Å². The third-order valence-corrected chi connectivity index (χ3v) is 3.98. The highest BCUT2D eigenvalue weighted by molar-refractivity contribution is 5.50. The number of aromatic nitrogens is 2. The number of ether oxygens (including phenoxy) is 2. The first-order valence-electron chi connectivity index (χ1n) is 8.59. The molecule has 0 saturated carbocycles. The molecule has 0 unspecified atom stereocenters. The van der Waals surface area contributed by atoms with Gasteiger partial charge >= 0.3 is 0 Å². The van der Waals surface area contributed by atoms with Gasteiger partial charge < -0.3 is 19.7 Å². The van der Waals surface area contributed by atoms with Gasteiger partial charge in [0.2, 0.25) is 0 Å². The molecule has 1 aromatic carbocycles. The van der Waals surface area contributed by atoms with E-state index in [4.69, 9.17) is 9.47 Å². The van der Waals surface area contributed by atoms with E-state index < -0.39 is 0 Å². The summed E-state index contributed by atoms with van der Waals surface area (Å²) in [5.41, 5.74) is 1.09. The third-order valence-electron chi connectivity index (χ3n) is 3.98. The standard InChI is InChI=1S/C19H28N4O2/c1-6-7-10-23(3)19-12-18(21-14(2)22-19)20-13-15-8-9-16(24-4)17(11-15)25-5/h8-9,11-12H,6-7,10,13H2,1-5H3,(H,20,21,22). The van der Waals surface area contributed by atoms with Crippen LogP contribution in [0.3, 0.4) is 0 Å². The van der Waals surface area contributed by atoms with Crippen LogP contribution in [-0.2, 0) is 6.54 Å². The maximum Gasteiger partial charge on any atom is 0.161 e. The molecule has 136 valence electrons. The van der Waals surface area contributed by atoms with Crippen molar-refractivity contribution in [2.24, 2.45) is 0 Å². The summed E-state index contributed by atoms with van der Waals surface area (Å²) in [7, 11) is 5.34. The minimum atomic E-state index is 0.648. The lowest BCUT2D eigenvalue weighted by molar-refractivity contribution is 0.354. The normalized spacial score (nSPS) is 10.4. The van der Waals surface area contributed by atoms with Crippen molar-refractivity contribution in [3.8, 4) is 11.5 Å². The Labute approximate surface area is 150 Å². The maximum atomic E-state index is 5.35. The molecule has 0 aliphatic rings. The smallest absolute Gasteiger partial charge is 0.161 e. The summed E-state index contributed by atoms with van der Waals surface area (Å²) < 4.78 is 10.6. The highest BCUT2D eigenvalue weighted by Crippen LogP contribution is 2.27. The quantitative estimate of drug-likeness (QED) is 0.749. The second-order valence-corrected chi connectivity index (χ2v) is 5.98. The van der Waals surface area contributed by atoms with E-state index in [2.05, 4.69) is 34.2 Å². The van der Waals surface area contributed by atoms with Gasteiger partial charge in [-0.05, 0) is 31.0 Å². The number of benzene rings is 1. The molecule has 0 aliphatic carbocycles. The van der Waals surface area contributed by atoms with E-state index >= 15 is 0 Å². The molecule has 0 radical (unpaired) electrons. The molecule has 0 atom stereocenters. The van der Waals surface area contributed by atoms with Crippen molar-refractivity contribution in [3.63, 3.8) is 0 Å². The molecule has 1 heterocycles. The van der Waals surface area contributed by atoms with Gasteiger partial charge in [-0.1, -0.05) is 19.4 Å². The zero-order valence-electron chi connectivity index (χ0n) is 15.8. The van der Waals surface area contributed by atoms with Crippen LogP contribution in [0.5, 0.6) is 11.5 Å². The van der Waals surface area contributed by atoms with Crippen LogP contribution in [0, 0.1) is 6.92 Å². The lowest BCUT2D eigenvalue weighted by Crippen LogP contribution is -2.20. The Morgan fingerprint density at radius 3 is 2.52 bits per heavy atom. The molecule has 0 fully saturated rings. The fraction of sp³-hybridized carbons (Fsp3) is 0.474. The van der Waals surface area contributed by atoms with Crippen molar-refractivity contribution in [3.05, 3.63) is 35.7 Å². The van der Waals surface area contributed by atoms with E-state index in [0.29, 0.717) is 6.54 Å². The molecule has 2 rings (SSSR count). The predicted molar refractivity (Wildman–Crippen MR) is 102 cm³/mol. The minimum Gasteiger partial charge on any atom is -0.493 e. The Hall–Kier alpha value is -2.50. The summed E-state index contributed by atoms with van der Waals surface area (Å²) in [6.07, 6.45) is 2.31. The number of anilines is 2. The van der Waals surface area contributed by atoms with Gasteiger partial charge in [0.1, 0.15) is 17.5 Å². The Bertz CT molecular complexity index is 691. The molecule has 1 aromatic heterocycles. The summed E-state index contributed by atoms with van der Waals surface area (Å²) in [4.78, 5) is 11.2. The molecule has 0 amide bonds. The molecule has 6 nitrogen and oxygen atoms in total. The highest BCUT2D eigenvalue weighted by atomic mass is 16.5. The minimum absolute atomic E-state index is 0.648. The van der Waals surface area contributed by atoms with E-state index in [1.54, 1.807) is 14.2 Å². The first-order chi connectivity index (χ1) is 12.1. The Morgan fingerprint density at radius 2 is 1.84 bits per heavy atom. The van der Waals surface area contributed by atoms with Crippen LogP contribution in [0.1, 0.15) is 31.2 Å². The number of aryl methyl sites for hydroxylation is 1. The SMILES string of the molecule is CCCCN(C)c1cc(NCc2ccc(OC)c(OC)c2)nc(C)n1. The van der Waals surface area contributed by atoms with Crippen LogP contribution in [0.2, 0.25) is 0 Å². The summed E-state index contributed by atoms with van der Waals surface area (Å²) in [5, 5.41) is 3.37. The van der Waals surface area contributed by atoms with Crippen molar-refractivity contribution in [2.45, 2.75) is 33.2 Å². The van der Waals surface area contributed by atoms with Crippen molar-refractivity contribution in [1.29, 1.82) is 0 Å². The zero-order valence-corrected chi connectivity index (χ0v) is 15.8. The van der Waals surface area contributed by atoms with Crippen LogP contribution >= 0.6 is 0 Å². The fourth-order valence-corrected chi connectivity index (χ4v) is 2.53. The molecular formula is C19H28N4O2. The Kier molecular flexibility index (Phi) is 6.86. The van der Waals surface area contributed by atoms with Crippen molar-refractivity contribution >= 4 is 11.6 Å². The van der Waals surface area contributed by atoms with Crippen LogP contribution in [0.15, 0.2) is 24.3 Å². The van der Waals surface area contributed by atoms with Gasteiger partial charge in [-0.25, -0.2) is 9.97 Å². The fourth-order valence-electron chi connectivity index (χ4n) is 2.53. The molecule has 0 spiro atoms. The van der Waals surface area contributed by atoms with Gasteiger partial charge in [0.25, 0.3) is 0 Å². The number of hydrogen-bond donors (Lipinski definition) is 1. The zero-order chi connectivity index (χ0) is 18.2. The lowest BCUT2D eigenvalue weighted by atomic mass is 10.2. The lowest BCUT2D eigenvalue weighted by Gasteiger charge is -2.19. The van der Waals surface area contributed by atoms with Crippen molar-refractivity contribution < 1.29 is 9.47 Å². The van der Waals surface area contributed by atoms with Gasteiger partial charge in [0.15, 0.2) is 11.5 Å². The third kappa shape index (κ3) is 5.24. The number of rotatable bonds is 9. The molecule has 2 aromatic rings. The first-order valence-corrected chi connectivity index (χ1v) is 8.59. The summed E-state index contributed by atoms with van der Waals surface area (Å²) in [6.45, 7) is 5.74. The van der Waals surface area contributed by atoms with E-state index in [-0.39, 0.29) is 0 Å². The largest absolute Gasteiger partial charge is 0.493 e. The van der Waals surface area contributed by atoms with Gasteiger partial charge in [-0.15, -0.1) is 0 Å². The molecule has 0 saturated heterocycles. The van der Waals surface area contributed by atoms with Gasteiger partial charge in [0, 0.05) is 26.2 Å². The van der Waals surface area contributed by atoms with Crippen LogP contribution in [0.25, 0.3) is 0 Å². The second kappa shape index (κ2) is 9.11. The first kappa shape index (κ1) is 18.8. The van der Waals surface area contributed by atoms with E-state index in [0.717, 1.165) is 47.5 Å². The summed E-state index contributed by atoms with van der Waals surface area (Å²) in [5.74, 6) is 3.97. The molecule has 0 bridgehead atoms. The van der Waals surface area contributed by atoms with E-state index in [1.165, 1.54) is 6.42 Å². The van der Waals surface area contributed by atoms with Gasteiger partial charge in [-0.3, -0.25) is 0 Å². The van der Waals surface area contributed by atoms with E-state index in [9.17, 15) is 0 Å². The molecule has 0 aliphatic heterocycles. The van der Waals surface area contributed by atoms with Crippen LogP contribution in [0.4, 0.5) is 11.6 Å². The molecular weight excluding hydrogens is 316 g/mol. The second-order valence-electron chi connectivity index (χ2n) is 5.98. The number of nitrogens with one attached hydrogen (secondary N) is 1. The number of methoxy groups -OCH3 is 2. The molecule has 1 N–H and O–H groups in total. The van der Waals surface area contributed by atoms with Crippen LogP contribution < -0.4 is 19.7 Å². The predicted octanol–water partition coefficient (Wildman–Crippen LogP) is 3.65. The molecule has 25 heavy (non-hydrogen) atoms. The molecule has 6 heteroatoms. The average molecular weight is 344 g/mol. The Balaban J connectivity index is 2.09. The number of nitrogens with zero attached hydrogens (tertiary/aromatic N) is 3. The Morgan fingerprint density at radius 1 is 1.08 bits per heavy atom. The summed E-state index contributed by atoms with van der Waals surface area (Å²) >= 11 is 0. The van der Waals surface area contributed by atoms with Gasteiger partial charge in [-0.2, -0.15) is 0 Å². The number of hydrogen-bond acceptors (Lipinski definition) is 6. The summed E-state index contributed by atoms with van der Waals surface area (Å²) in [6, 6.07) is 7.87. The number of unbranched alkanes of at least 4 members (excludes halogenated alkanes) is 1.